The first-order valence-electron chi connectivity index (χ1n) is 6.16. The number of hydrogen-bond donors (Lipinski definition) is 1. The Kier molecular flexibility index (Phi) is 2.25. The molecule has 3 heterocycles. The van der Waals surface area contributed by atoms with Gasteiger partial charge in [0.1, 0.15) is 0 Å². The summed E-state index contributed by atoms with van der Waals surface area (Å²) in [4.78, 5) is 6.06. The minimum atomic E-state index is 0.937. The van der Waals surface area contributed by atoms with Crippen molar-refractivity contribution in [3.05, 3.63) is 41.3 Å². The highest BCUT2D eigenvalue weighted by Gasteiger charge is 2.17. The standard InChI is InChI=1S/C14H13N3S/c1-3-10-9-15-6-7-17-13(10)11(4-1)16-14(17)12-5-2-8-18-12/h1-5,8,15H,6-7,9H2. The van der Waals surface area contributed by atoms with Crippen molar-refractivity contribution in [2.75, 3.05) is 6.54 Å². The molecule has 0 fully saturated rings. The van der Waals surface area contributed by atoms with Crippen molar-refractivity contribution < 1.29 is 0 Å². The van der Waals surface area contributed by atoms with E-state index in [1.54, 1.807) is 11.3 Å². The van der Waals surface area contributed by atoms with Crippen LogP contribution in [0.1, 0.15) is 5.56 Å². The molecular weight excluding hydrogens is 242 g/mol. The molecule has 0 radical (unpaired) electrons. The summed E-state index contributed by atoms with van der Waals surface area (Å²) < 4.78 is 2.36. The van der Waals surface area contributed by atoms with Gasteiger partial charge in [0.05, 0.1) is 15.9 Å². The Hall–Kier alpha value is -1.65. The maximum Gasteiger partial charge on any atom is 0.151 e. The van der Waals surface area contributed by atoms with E-state index in [9.17, 15) is 0 Å². The SMILES string of the molecule is c1csc(-c2nc3cccc4c3n2CCNC4)c1. The maximum absolute atomic E-state index is 4.81. The fourth-order valence-electron chi connectivity index (χ4n) is 2.63. The lowest BCUT2D eigenvalue weighted by atomic mass is 10.2. The fraction of sp³-hybridized carbons (Fsp3) is 0.214. The molecule has 4 rings (SSSR count). The molecule has 0 atom stereocenters. The molecule has 0 bridgehead atoms. The lowest BCUT2D eigenvalue weighted by Gasteiger charge is -2.05. The second-order valence-electron chi connectivity index (χ2n) is 4.53. The molecule has 90 valence electrons. The predicted molar refractivity (Wildman–Crippen MR) is 74.8 cm³/mol. The second-order valence-corrected chi connectivity index (χ2v) is 5.47. The molecule has 1 aliphatic rings. The van der Waals surface area contributed by atoms with Crippen LogP contribution in [0.3, 0.4) is 0 Å². The molecule has 3 nitrogen and oxygen atoms in total. The molecule has 0 unspecified atom stereocenters. The average molecular weight is 255 g/mol. The zero-order chi connectivity index (χ0) is 11.9. The average Bonchev–Trinajstić information content (AvgIpc) is 2.96. The van der Waals surface area contributed by atoms with E-state index in [1.165, 1.54) is 16.0 Å². The van der Waals surface area contributed by atoms with Crippen LogP contribution < -0.4 is 5.32 Å². The Bertz CT molecular complexity index is 697. The number of nitrogens with one attached hydrogen (secondary N) is 1. The minimum Gasteiger partial charge on any atom is -0.322 e. The molecule has 18 heavy (non-hydrogen) atoms. The Morgan fingerprint density at radius 2 is 2.22 bits per heavy atom. The van der Waals surface area contributed by atoms with Gasteiger partial charge in [-0.25, -0.2) is 4.98 Å². The summed E-state index contributed by atoms with van der Waals surface area (Å²) in [5, 5.41) is 5.58. The Labute approximate surface area is 109 Å². The van der Waals surface area contributed by atoms with Gasteiger partial charge in [0.25, 0.3) is 0 Å². The lowest BCUT2D eigenvalue weighted by molar-refractivity contribution is 0.633. The minimum absolute atomic E-state index is 0.937. The van der Waals surface area contributed by atoms with Gasteiger partial charge in [-0.3, -0.25) is 0 Å². The van der Waals surface area contributed by atoms with Crippen LogP contribution in [0.5, 0.6) is 0 Å². The zero-order valence-electron chi connectivity index (χ0n) is 9.89. The molecule has 3 aromatic rings. The highest BCUT2D eigenvalue weighted by molar-refractivity contribution is 7.13. The van der Waals surface area contributed by atoms with Gasteiger partial charge in [-0.15, -0.1) is 11.3 Å². The van der Waals surface area contributed by atoms with Crippen LogP contribution in [-0.4, -0.2) is 16.1 Å². The van der Waals surface area contributed by atoms with E-state index in [1.807, 2.05) is 0 Å². The quantitative estimate of drug-likeness (QED) is 0.724. The number of thiophene rings is 1. The highest BCUT2D eigenvalue weighted by Crippen LogP contribution is 2.30. The number of rotatable bonds is 1. The van der Waals surface area contributed by atoms with Gasteiger partial charge in [0, 0.05) is 19.6 Å². The Balaban J connectivity index is 2.07. The monoisotopic (exact) mass is 255 g/mol. The summed E-state index contributed by atoms with van der Waals surface area (Å²) in [6.07, 6.45) is 0. The third-order valence-electron chi connectivity index (χ3n) is 3.42. The van der Waals surface area contributed by atoms with Gasteiger partial charge in [-0.05, 0) is 23.1 Å². The number of hydrogen-bond acceptors (Lipinski definition) is 3. The van der Waals surface area contributed by atoms with Crippen LogP contribution in [0.2, 0.25) is 0 Å². The zero-order valence-corrected chi connectivity index (χ0v) is 10.7. The van der Waals surface area contributed by atoms with Crippen molar-refractivity contribution in [3.63, 3.8) is 0 Å². The van der Waals surface area contributed by atoms with Gasteiger partial charge in [-0.1, -0.05) is 18.2 Å². The molecule has 2 aromatic heterocycles. The summed E-state index contributed by atoms with van der Waals surface area (Å²) in [5.41, 5.74) is 3.76. The van der Waals surface area contributed by atoms with E-state index < -0.39 is 0 Å². The van der Waals surface area contributed by atoms with Gasteiger partial charge in [0.15, 0.2) is 5.82 Å². The summed E-state index contributed by atoms with van der Waals surface area (Å²) in [6.45, 7) is 2.92. The smallest absolute Gasteiger partial charge is 0.151 e. The maximum atomic E-state index is 4.81. The third-order valence-corrected chi connectivity index (χ3v) is 4.29. The number of aromatic nitrogens is 2. The van der Waals surface area contributed by atoms with E-state index in [4.69, 9.17) is 4.98 Å². The largest absolute Gasteiger partial charge is 0.322 e. The molecule has 1 aromatic carbocycles. The predicted octanol–water partition coefficient (Wildman–Crippen LogP) is 2.87. The van der Waals surface area contributed by atoms with E-state index >= 15 is 0 Å². The molecule has 0 aliphatic carbocycles. The number of benzene rings is 1. The lowest BCUT2D eigenvalue weighted by Crippen LogP contribution is -2.16. The summed E-state index contributed by atoms with van der Waals surface area (Å²) in [6, 6.07) is 10.6. The van der Waals surface area contributed by atoms with E-state index in [-0.39, 0.29) is 0 Å². The molecule has 1 N–H and O–H groups in total. The molecule has 0 saturated heterocycles. The Morgan fingerprint density at radius 1 is 1.22 bits per heavy atom. The van der Waals surface area contributed by atoms with Crippen molar-refractivity contribution in [1.29, 1.82) is 0 Å². The number of nitrogens with zero attached hydrogens (tertiary/aromatic N) is 2. The normalized spacial score (nSPS) is 14.9. The van der Waals surface area contributed by atoms with E-state index in [2.05, 4.69) is 45.6 Å². The first-order valence-corrected chi connectivity index (χ1v) is 7.04. The van der Waals surface area contributed by atoms with Crippen molar-refractivity contribution in [3.8, 4) is 10.7 Å². The third kappa shape index (κ3) is 1.43. The summed E-state index contributed by atoms with van der Waals surface area (Å²) >= 11 is 1.75. The van der Waals surface area contributed by atoms with Gasteiger partial charge in [-0.2, -0.15) is 0 Å². The second kappa shape index (κ2) is 3.93. The van der Waals surface area contributed by atoms with E-state index in [0.29, 0.717) is 0 Å². The number of imidazole rings is 1. The highest BCUT2D eigenvalue weighted by atomic mass is 32.1. The Morgan fingerprint density at radius 3 is 3.11 bits per heavy atom. The first kappa shape index (κ1) is 10.3. The molecular formula is C14H13N3S. The van der Waals surface area contributed by atoms with Crippen molar-refractivity contribution in [1.82, 2.24) is 14.9 Å². The summed E-state index contributed by atoms with van der Waals surface area (Å²) in [5.74, 6) is 1.11. The van der Waals surface area contributed by atoms with Crippen LogP contribution >= 0.6 is 11.3 Å². The molecule has 0 saturated carbocycles. The van der Waals surface area contributed by atoms with Crippen molar-refractivity contribution in [2.24, 2.45) is 0 Å². The van der Waals surface area contributed by atoms with Crippen molar-refractivity contribution in [2.45, 2.75) is 13.1 Å². The molecule has 1 aliphatic heterocycles. The van der Waals surface area contributed by atoms with Crippen LogP contribution in [-0.2, 0) is 13.1 Å². The van der Waals surface area contributed by atoms with Gasteiger partial charge in [0.2, 0.25) is 0 Å². The molecule has 0 amide bonds. The van der Waals surface area contributed by atoms with Crippen LogP contribution in [0, 0.1) is 0 Å². The topological polar surface area (TPSA) is 29.9 Å². The van der Waals surface area contributed by atoms with Crippen LogP contribution in [0.4, 0.5) is 0 Å². The van der Waals surface area contributed by atoms with Crippen molar-refractivity contribution >= 4 is 22.4 Å². The molecule has 0 spiro atoms. The summed E-state index contributed by atoms with van der Waals surface area (Å²) in [7, 11) is 0. The number of para-hydroxylation sites is 1. The van der Waals surface area contributed by atoms with E-state index in [0.717, 1.165) is 31.0 Å². The fourth-order valence-corrected chi connectivity index (χ4v) is 3.35. The molecule has 4 heteroatoms. The first-order chi connectivity index (χ1) is 8.93. The van der Waals surface area contributed by atoms with Gasteiger partial charge >= 0.3 is 0 Å². The van der Waals surface area contributed by atoms with Crippen LogP contribution in [0.25, 0.3) is 21.7 Å². The van der Waals surface area contributed by atoms with Gasteiger partial charge < -0.3 is 9.88 Å². The van der Waals surface area contributed by atoms with Crippen LogP contribution in [0.15, 0.2) is 35.7 Å².